The van der Waals surface area contributed by atoms with Gasteiger partial charge in [0, 0.05) is 5.92 Å². The van der Waals surface area contributed by atoms with Crippen LogP contribution < -0.4 is 0 Å². The Morgan fingerprint density at radius 2 is 2.05 bits per heavy atom. The molecule has 124 valence electrons. The minimum atomic E-state index is -0.690. The van der Waals surface area contributed by atoms with Crippen LogP contribution in [0.3, 0.4) is 0 Å². The molecule has 2 aliphatic rings. The van der Waals surface area contributed by atoms with Crippen molar-refractivity contribution in [3.8, 4) is 0 Å². The summed E-state index contributed by atoms with van der Waals surface area (Å²) in [5, 5.41) is 21.5. The quantitative estimate of drug-likeness (QED) is 0.705. The molecule has 2 heteroatoms. The van der Waals surface area contributed by atoms with Crippen molar-refractivity contribution in [2.24, 2.45) is 17.8 Å². The third-order valence-corrected chi connectivity index (χ3v) is 5.53. The van der Waals surface area contributed by atoms with Crippen LogP contribution in [-0.2, 0) is 0 Å². The van der Waals surface area contributed by atoms with Gasteiger partial charge in [-0.2, -0.15) is 0 Å². The lowest BCUT2D eigenvalue weighted by atomic mass is 9.79. The fourth-order valence-electron chi connectivity index (χ4n) is 4.07. The van der Waals surface area contributed by atoms with E-state index in [1.165, 1.54) is 11.1 Å². The monoisotopic (exact) mass is 304 g/mol. The maximum atomic E-state index is 10.8. The number of hydrogen-bond donors (Lipinski definition) is 2. The fourth-order valence-corrected chi connectivity index (χ4v) is 4.07. The van der Waals surface area contributed by atoms with Crippen molar-refractivity contribution in [3.05, 3.63) is 35.5 Å². The summed E-state index contributed by atoms with van der Waals surface area (Å²) in [6.45, 7) is 12.6. The Morgan fingerprint density at radius 3 is 2.68 bits per heavy atom. The van der Waals surface area contributed by atoms with Crippen molar-refractivity contribution in [2.45, 2.75) is 71.5 Å². The Labute approximate surface area is 135 Å². The number of aliphatic hydroxyl groups is 2. The predicted molar refractivity (Wildman–Crippen MR) is 92.5 cm³/mol. The summed E-state index contributed by atoms with van der Waals surface area (Å²) < 4.78 is 0. The molecule has 0 spiro atoms. The second-order valence-corrected chi connectivity index (χ2v) is 7.82. The lowest BCUT2D eigenvalue weighted by molar-refractivity contribution is 0.0319. The van der Waals surface area contributed by atoms with E-state index in [2.05, 4.69) is 39.5 Å². The van der Waals surface area contributed by atoms with E-state index in [9.17, 15) is 10.2 Å². The van der Waals surface area contributed by atoms with Crippen LogP contribution in [0.2, 0.25) is 0 Å². The van der Waals surface area contributed by atoms with Crippen LogP contribution in [0, 0.1) is 17.8 Å². The summed E-state index contributed by atoms with van der Waals surface area (Å²) >= 11 is 0. The molecule has 0 heterocycles. The van der Waals surface area contributed by atoms with E-state index >= 15 is 0 Å². The molecule has 0 aromatic rings. The van der Waals surface area contributed by atoms with Crippen molar-refractivity contribution < 1.29 is 10.2 Å². The first-order valence-corrected chi connectivity index (χ1v) is 8.67. The summed E-state index contributed by atoms with van der Waals surface area (Å²) in [5.74, 6) is 0.696. The van der Waals surface area contributed by atoms with Crippen LogP contribution in [0.4, 0.5) is 0 Å². The van der Waals surface area contributed by atoms with Crippen LogP contribution in [-0.4, -0.2) is 21.9 Å². The number of allylic oxidation sites excluding steroid dienone is 2. The van der Waals surface area contributed by atoms with Gasteiger partial charge in [-0.25, -0.2) is 0 Å². The van der Waals surface area contributed by atoms with E-state index in [1.807, 2.05) is 6.92 Å². The summed E-state index contributed by atoms with van der Waals surface area (Å²) in [6.07, 6.45) is 8.44. The van der Waals surface area contributed by atoms with Crippen molar-refractivity contribution in [1.29, 1.82) is 0 Å². The Morgan fingerprint density at radius 1 is 1.36 bits per heavy atom. The van der Waals surface area contributed by atoms with Gasteiger partial charge in [-0.1, -0.05) is 43.7 Å². The molecule has 0 saturated heterocycles. The molecule has 0 unspecified atom stereocenters. The normalized spacial score (nSPS) is 39.8. The number of aliphatic hydroxyl groups excluding tert-OH is 1. The van der Waals surface area contributed by atoms with Gasteiger partial charge in [0.1, 0.15) is 0 Å². The van der Waals surface area contributed by atoms with Gasteiger partial charge in [0.2, 0.25) is 0 Å². The highest BCUT2D eigenvalue weighted by Crippen LogP contribution is 2.46. The lowest BCUT2D eigenvalue weighted by Gasteiger charge is -2.30. The lowest BCUT2D eigenvalue weighted by Crippen LogP contribution is -2.32. The van der Waals surface area contributed by atoms with E-state index in [0.29, 0.717) is 12.3 Å². The molecule has 1 fully saturated rings. The zero-order valence-corrected chi connectivity index (χ0v) is 14.6. The van der Waals surface area contributed by atoms with Gasteiger partial charge in [0.25, 0.3) is 0 Å². The largest absolute Gasteiger partial charge is 0.390 e. The topological polar surface area (TPSA) is 40.5 Å². The molecule has 0 radical (unpaired) electrons. The molecule has 1 saturated carbocycles. The average Bonchev–Trinajstić information content (AvgIpc) is 2.68. The van der Waals surface area contributed by atoms with Gasteiger partial charge in [0.05, 0.1) is 11.7 Å². The predicted octanol–water partition coefficient (Wildman–Crippen LogP) is 4.39. The van der Waals surface area contributed by atoms with E-state index in [-0.39, 0.29) is 11.8 Å². The van der Waals surface area contributed by atoms with Gasteiger partial charge < -0.3 is 10.2 Å². The Bertz CT molecular complexity index is 482. The second-order valence-electron chi connectivity index (χ2n) is 7.82. The second kappa shape index (κ2) is 6.72. The molecule has 2 nitrogen and oxygen atoms in total. The number of hydrogen-bond acceptors (Lipinski definition) is 2. The number of fused-ring (bicyclic) bond motifs is 1. The zero-order chi connectivity index (χ0) is 16.5. The van der Waals surface area contributed by atoms with Crippen LogP contribution in [0.5, 0.6) is 0 Å². The average molecular weight is 304 g/mol. The smallest absolute Gasteiger partial charge is 0.0789 e. The van der Waals surface area contributed by atoms with E-state index in [4.69, 9.17) is 0 Å². The van der Waals surface area contributed by atoms with E-state index in [0.717, 1.165) is 31.3 Å². The highest BCUT2D eigenvalue weighted by atomic mass is 16.3. The molecule has 4 atom stereocenters. The first-order valence-electron chi connectivity index (χ1n) is 8.67. The fraction of sp³-hybridized carbons (Fsp3) is 0.700. The highest BCUT2D eigenvalue weighted by Gasteiger charge is 2.43. The highest BCUT2D eigenvalue weighted by molar-refractivity contribution is 5.24. The number of rotatable bonds is 1. The van der Waals surface area contributed by atoms with Gasteiger partial charge in [0.15, 0.2) is 0 Å². The molecule has 0 bridgehead atoms. The third-order valence-electron chi connectivity index (χ3n) is 5.53. The van der Waals surface area contributed by atoms with Gasteiger partial charge in [-0.05, 0) is 63.4 Å². The maximum Gasteiger partial charge on any atom is 0.0789 e. The summed E-state index contributed by atoms with van der Waals surface area (Å²) in [4.78, 5) is 0. The summed E-state index contributed by atoms with van der Waals surface area (Å²) in [5.41, 5.74) is 2.87. The molecule has 2 rings (SSSR count). The van der Waals surface area contributed by atoms with E-state index < -0.39 is 11.7 Å². The van der Waals surface area contributed by atoms with Gasteiger partial charge in [-0.3, -0.25) is 0 Å². The van der Waals surface area contributed by atoms with Crippen LogP contribution >= 0.6 is 0 Å². The van der Waals surface area contributed by atoms with Crippen LogP contribution in [0.1, 0.15) is 59.8 Å². The van der Waals surface area contributed by atoms with Crippen molar-refractivity contribution >= 4 is 0 Å². The molecular weight excluding hydrogens is 272 g/mol. The molecule has 0 aromatic heterocycles. The molecule has 22 heavy (non-hydrogen) atoms. The first-order chi connectivity index (χ1) is 10.2. The minimum Gasteiger partial charge on any atom is -0.390 e. The van der Waals surface area contributed by atoms with E-state index in [1.54, 1.807) is 0 Å². The maximum absolute atomic E-state index is 10.8. The molecule has 0 aliphatic heterocycles. The molecule has 0 aromatic carbocycles. The standard InChI is InChI=1S/C20H32O2/c1-13(2)17-12-18-16(9-10-20(18,5)22)15(4)8-6-7-14(3)11-19(17)21/h7,12-13,16,18-19,21-22H,4,6,8-11H2,1-3,5H3/b14-7?,17-12-/t16-,18-,19-,20-/m0/s1. The molecule has 2 N–H and O–H groups in total. The Balaban J connectivity index is 2.44. The van der Waals surface area contributed by atoms with Crippen molar-refractivity contribution in [3.63, 3.8) is 0 Å². The molecule has 0 amide bonds. The molecule has 2 aliphatic carbocycles. The Kier molecular flexibility index (Phi) is 5.34. The van der Waals surface area contributed by atoms with Crippen LogP contribution in [0.25, 0.3) is 0 Å². The van der Waals surface area contributed by atoms with Gasteiger partial charge in [-0.15, -0.1) is 0 Å². The van der Waals surface area contributed by atoms with Gasteiger partial charge >= 0.3 is 0 Å². The SMILES string of the molecule is C=C1CCC=C(C)C[C@H](O)/C(C(C)C)=C\[C@H]2[C@H]1CC[C@]2(C)O. The summed E-state index contributed by atoms with van der Waals surface area (Å²) in [6, 6.07) is 0. The summed E-state index contributed by atoms with van der Waals surface area (Å²) in [7, 11) is 0. The first kappa shape index (κ1) is 17.5. The van der Waals surface area contributed by atoms with Crippen LogP contribution in [0.15, 0.2) is 35.5 Å². The third kappa shape index (κ3) is 3.72. The minimum absolute atomic E-state index is 0.0745. The van der Waals surface area contributed by atoms with Crippen molar-refractivity contribution in [2.75, 3.05) is 0 Å². The Hall–Kier alpha value is -0.860. The van der Waals surface area contributed by atoms with Crippen molar-refractivity contribution in [1.82, 2.24) is 0 Å². The zero-order valence-electron chi connectivity index (χ0n) is 14.6. The molecular formula is C20H32O2.